The monoisotopic (exact) mass is 349 g/mol. The molecule has 1 amide bonds. The van der Waals surface area contributed by atoms with E-state index < -0.39 is 0 Å². The quantitative estimate of drug-likeness (QED) is 0.784. The van der Waals surface area contributed by atoms with Crippen molar-refractivity contribution < 1.29 is 9.53 Å². The average Bonchev–Trinajstić information content (AvgIpc) is 3.20. The lowest BCUT2D eigenvalue weighted by atomic mass is 10.1. The van der Waals surface area contributed by atoms with Gasteiger partial charge < -0.3 is 10.1 Å². The lowest BCUT2D eigenvalue weighted by Gasteiger charge is -2.11. The summed E-state index contributed by atoms with van der Waals surface area (Å²) in [6.07, 6.45) is 3.59. The maximum Gasteiger partial charge on any atom is 0.265 e. The van der Waals surface area contributed by atoms with Crippen molar-refractivity contribution in [2.24, 2.45) is 0 Å². The SMILES string of the molecule is O=C(NC[C@@H]1CCCO1)c1ccc2c(=O)n(-c3ccccc3)cnc2c1. The van der Waals surface area contributed by atoms with Crippen LogP contribution in [0.3, 0.4) is 0 Å². The topological polar surface area (TPSA) is 73.2 Å². The molecule has 1 saturated heterocycles. The van der Waals surface area contributed by atoms with E-state index in [1.54, 1.807) is 18.2 Å². The molecule has 0 bridgehead atoms. The second kappa shape index (κ2) is 7.09. The number of nitrogens with zero attached hydrogens (tertiary/aromatic N) is 2. The number of hydrogen-bond acceptors (Lipinski definition) is 4. The molecule has 1 N–H and O–H groups in total. The Kier molecular flexibility index (Phi) is 4.50. The molecule has 6 heteroatoms. The standard InChI is InChI=1S/C20H19N3O3/c24-19(21-12-16-7-4-10-26-16)14-8-9-17-18(11-14)22-13-23(20(17)25)15-5-2-1-3-6-15/h1-3,5-6,8-9,11,13,16H,4,7,10,12H2,(H,21,24)/t16-/m0/s1. The number of carbonyl (C=O) groups excluding carboxylic acids is 1. The Morgan fingerprint density at radius 2 is 2.08 bits per heavy atom. The largest absolute Gasteiger partial charge is 0.376 e. The molecule has 0 aliphatic carbocycles. The Hall–Kier alpha value is -2.99. The average molecular weight is 349 g/mol. The number of fused-ring (bicyclic) bond motifs is 1. The van der Waals surface area contributed by atoms with E-state index in [1.165, 1.54) is 10.9 Å². The molecule has 0 spiro atoms. The third kappa shape index (κ3) is 3.23. The first-order valence-electron chi connectivity index (χ1n) is 8.69. The minimum absolute atomic E-state index is 0.0932. The van der Waals surface area contributed by atoms with E-state index in [-0.39, 0.29) is 17.6 Å². The number of aromatic nitrogens is 2. The van der Waals surface area contributed by atoms with E-state index >= 15 is 0 Å². The normalized spacial score (nSPS) is 16.7. The molecule has 2 heterocycles. The Morgan fingerprint density at radius 1 is 1.23 bits per heavy atom. The van der Waals surface area contributed by atoms with Gasteiger partial charge in [-0.05, 0) is 43.2 Å². The van der Waals surface area contributed by atoms with Crippen LogP contribution in [-0.2, 0) is 4.74 Å². The van der Waals surface area contributed by atoms with Gasteiger partial charge in [-0.15, -0.1) is 0 Å². The van der Waals surface area contributed by atoms with Crippen LogP contribution in [0.25, 0.3) is 16.6 Å². The first-order chi connectivity index (χ1) is 12.7. The third-order valence-corrected chi connectivity index (χ3v) is 4.57. The third-order valence-electron chi connectivity index (χ3n) is 4.57. The number of rotatable bonds is 4. The van der Waals surface area contributed by atoms with Gasteiger partial charge in [0, 0.05) is 18.7 Å². The number of benzene rings is 2. The Balaban J connectivity index is 1.59. The molecule has 2 aromatic carbocycles. The first-order valence-corrected chi connectivity index (χ1v) is 8.69. The molecule has 0 radical (unpaired) electrons. The van der Waals surface area contributed by atoms with E-state index in [1.807, 2.05) is 30.3 Å². The molecule has 132 valence electrons. The number of amides is 1. The highest BCUT2D eigenvalue weighted by Crippen LogP contribution is 2.13. The summed E-state index contributed by atoms with van der Waals surface area (Å²) in [5.74, 6) is -0.184. The lowest BCUT2D eigenvalue weighted by molar-refractivity contribution is 0.0858. The minimum Gasteiger partial charge on any atom is -0.376 e. The fourth-order valence-corrected chi connectivity index (χ4v) is 3.15. The zero-order valence-corrected chi connectivity index (χ0v) is 14.2. The maximum atomic E-state index is 12.7. The second-order valence-electron chi connectivity index (χ2n) is 6.33. The summed E-state index contributed by atoms with van der Waals surface area (Å²) in [7, 11) is 0. The zero-order chi connectivity index (χ0) is 17.9. The number of para-hydroxylation sites is 1. The van der Waals surface area contributed by atoms with Crippen molar-refractivity contribution >= 4 is 16.8 Å². The molecule has 0 unspecified atom stereocenters. The fraction of sp³-hybridized carbons (Fsp3) is 0.250. The van der Waals surface area contributed by atoms with E-state index in [9.17, 15) is 9.59 Å². The summed E-state index contributed by atoms with van der Waals surface area (Å²) in [5.41, 5.74) is 1.59. The molecule has 26 heavy (non-hydrogen) atoms. The van der Waals surface area contributed by atoms with Crippen LogP contribution in [-0.4, -0.2) is 34.7 Å². The number of ether oxygens (including phenoxy) is 1. The Labute approximate surface area is 150 Å². The number of hydrogen-bond donors (Lipinski definition) is 1. The van der Waals surface area contributed by atoms with Crippen LogP contribution in [0.4, 0.5) is 0 Å². The lowest BCUT2D eigenvalue weighted by Crippen LogP contribution is -2.31. The summed E-state index contributed by atoms with van der Waals surface area (Å²) < 4.78 is 7.01. The highest BCUT2D eigenvalue weighted by Gasteiger charge is 2.17. The van der Waals surface area contributed by atoms with Gasteiger partial charge in [0.25, 0.3) is 11.5 Å². The summed E-state index contributed by atoms with van der Waals surface area (Å²) in [6, 6.07) is 14.3. The smallest absolute Gasteiger partial charge is 0.265 e. The van der Waals surface area contributed by atoms with Gasteiger partial charge in [0.15, 0.2) is 0 Å². The van der Waals surface area contributed by atoms with Gasteiger partial charge in [-0.25, -0.2) is 4.98 Å². The minimum atomic E-state index is -0.184. The van der Waals surface area contributed by atoms with Gasteiger partial charge in [0.05, 0.1) is 22.7 Å². The summed E-state index contributed by atoms with van der Waals surface area (Å²) in [4.78, 5) is 29.4. The van der Waals surface area contributed by atoms with E-state index in [2.05, 4.69) is 10.3 Å². The molecular weight excluding hydrogens is 330 g/mol. The van der Waals surface area contributed by atoms with Crippen LogP contribution >= 0.6 is 0 Å². The molecule has 1 aromatic heterocycles. The molecule has 1 aliphatic heterocycles. The van der Waals surface area contributed by atoms with Gasteiger partial charge in [-0.1, -0.05) is 18.2 Å². The van der Waals surface area contributed by atoms with Crippen LogP contribution < -0.4 is 10.9 Å². The van der Waals surface area contributed by atoms with Crippen molar-refractivity contribution in [2.45, 2.75) is 18.9 Å². The van der Waals surface area contributed by atoms with Gasteiger partial charge in [0.2, 0.25) is 0 Å². The molecule has 1 fully saturated rings. The highest BCUT2D eigenvalue weighted by atomic mass is 16.5. The fourth-order valence-electron chi connectivity index (χ4n) is 3.15. The van der Waals surface area contributed by atoms with E-state index in [4.69, 9.17) is 4.74 Å². The van der Waals surface area contributed by atoms with Crippen molar-refractivity contribution in [1.82, 2.24) is 14.9 Å². The second-order valence-corrected chi connectivity index (χ2v) is 6.33. The van der Waals surface area contributed by atoms with Crippen LogP contribution in [0.2, 0.25) is 0 Å². The van der Waals surface area contributed by atoms with Crippen molar-refractivity contribution in [1.29, 1.82) is 0 Å². The molecule has 3 aromatic rings. The molecule has 1 atom stereocenters. The van der Waals surface area contributed by atoms with Crippen LogP contribution in [0.15, 0.2) is 59.7 Å². The first kappa shape index (κ1) is 16.5. The van der Waals surface area contributed by atoms with Crippen molar-refractivity contribution in [3.8, 4) is 5.69 Å². The zero-order valence-electron chi connectivity index (χ0n) is 14.2. The summed E-state index contributed by atoms with van der Waals surface area (Å²) in [5, 5.41) is 3.36. The van der Waals surface area contributed by atoms with Gasteiger partial charge in [-0.3, -0.25) is 14.2 Å². The van der Waals surface area contributed by atoms with E-state index in [0.29, 0.717) is 23.0 Å². The van der Waals surface area contributed by atoms with Gasteiger partial charge in [-0.2, -0.15) is 0 Å². The summed E-state index contributed by atoms with van der Waals surface area (Å²) >= 11 is 0. The van der Waals surface area contributed by atoms with Crippen LogP contribution in [0.1, 0.15) is 23.2 Å². The Morgan fingerprint density at radius 3 is 2.85 bits per heavy atom. The van der Waals surface area contributed by atoms with Crippen molar-refractivity contribution in [3.63, 3.8) is 0 Å². The van der Waals surface area contributed by atoms with Gasteiger partial charge >= 0.3 is 0 Å². The summed E-state index contributed by atoms with van der Waals surface area (Å²) in [6.45, 7) is 1.26. The maximum absolute atomic E-state index is 12.7. The number of nitrogens with one attached hydrogen (secondary N) is 1. The number of carbonyl (C=O) groups is 1. The molecule has 6 nitrogen and oxygen atoms in total. The van der Waals surface area contributed by atoms with E-state index in [0.717, 1.165) is 25.1 Å². The van der Waals surface area contributed by atoms with Crippen LogP contribution in [0, 0.1) is 0 Å². The van der Waals surface area contributed by atoms with Crippen molar-refractivity contribution in [2.75, 3.05) is 13.2 Å². The highest BCUT2D eigenvalue weighted by molar-refractivity contribution is 5.97. The molecular formula is C20H19N3O3. The predicted molar refractivity (Wildman–Crippen MR) is 98.6 cm³/mol. The van der Waals surface area contributed by atoms with Crippen molar-refractivity contribution in [3.05, 3.63) is 70.8 Å². The predicted octanol–water partition coefficient (Wildman–Crippen LogP) is 2.29. The Bertz CT molecular complexity index is 992. The molecule has 4 rings (SSSR count). The molecule has 1 aliphatic rings. The van der Waals surface area contributed by atoms with Gasteiger partial charge in [0.1, 0.15) is 6.33 Å². The molecule has 0 saturated carbocycles. The van der Waals surface area contributed by atoms with Crippen LogP contribution in [0.5, 0.6) is 0 Å².